The fraction of sp³-hybridized carbons (Fsp3) is 0.472. The number of nitrogens with one attached hydrogen (secondary N) is 2. The van der Waals surface area contributed by atoms with Crippen molar-refractivity contribution in [3.63, 3.8) is 0 Å². The summed E-state index contributed by atoms with van der Waals surface area (Å²) in [7, 11) is 1.61. The van der Waals surface area contributed by atoms with Gasteiger partial charge in [0.2, 0.25) is 0 Å². The molecule has 3 aromatic rings. The van der Waals surface area contributed by atoms with Crippen LogP contribution in [-0.4, -0.2) is 73.2 Å². The number of amides is 2. The van der Waals surface area contributed by atoms with Crippen molar-refractivity contribution in [2.24, 2.45) is 0 Å². The lowest BCUT2D eigenvalue weighted by Crippen LogP contribution is -2.50. The van der Waals surface area contributed by atoms with Gasteiger partial charge in [0.1, 0.15) is 29.7 Å². The van der Waals surface area contributed by atoms with Crippen molar-refractivity contribution in [3.05, 3.63) is 82.8 Å². The molecule has 0 saturated carbocycles. The molecule has 246 valence electrons. The lowest BCUT2D eigenvalue weighted by molar-refractivity contribution is 0.0922. The molecule has 0 aliphatic carbocycles. The van der Waals surface area contributed by atoms with Gasteiger partial charge in [-0.3, -0.25) is 9.59 Å². The molecule has 0 spiro atoms. The van der Waals surface area contributed by atoms with Crippen LogP contribution in [0.2, 0.25) is 0 Å². The van der Waals surface area contributed by atoms with Gasteiger partial charge in [0.15, 0.2) is 0 Å². The Kier molecular flexibility index (Phi) is 10.8. The summed E-state index contributed by atoms with van der Waals surface area (Å²) in [6.45, 7) is 11.0. The van der Waals surface area contributed by atoms with E-state index >= 15 is 0 Å². The quantitative estimate of drug-likeness (QED) is 0.251. The van der Waals surface area contributed by atoms with Gasteiger partial charge in [-0.15, -0.1) is 0 Å². The Morgan fingerprint density at radius 3 is 2.43 bits per heavy atom. The highest BCUT2D eigenvalue weighted by Gasteiger charge is 2.42. The number of methoxy groups -OCH3 is 1. The molecular formula is C36H46FN5O4. The largest absolute Gasteiger partial charge is 0.496 e. The Hall–Kier alpha value is -4.18. The van der Waals surface area contributed by atoms with Crippen LogP contribution in [0, 0.1) is 12.7 Å². The molecule has 5 rings (SSSR count). The van der Waals surface area contributed by atoms with Crippen molar-refractivity contribution in [2.75, 3.05) is 38.3 Å². The third kappa shape index (κ3) is 7.44. The molecule has 2 saturated heterocycles. The lowest BCUT2D eigenvalue weighted by atomic mass is 9.96. The van der Waals surface area contributed by atoms with Crippen molar-refractivity contribution in [1.82, 2.24) is 20.5 Å². The average Bonchev–Trinajstić information content (AvgIpc) is 3.32. The molecule has 2 fully saturated rings. The molecular weight excluding hydrogens is 585 g/mol. The molecule has 0 radical (unpaired) electrons. The van der Waals surface area contributed by atoms with E-state index in [4.69, 9.17) is 9.47 Å². The van der Waals surface area contributed by atoms with Crippen LogP contribution in [-0.2, 0) is 0 Å². The van der Waals surface area contributed by atoms with Crippen LogP contribution in [0.3, 0.4) is 0 Å². The smallest absolute Gasteiger partial charge is 0.253 e. The van der Waals surface area contributed by atoms with E-state index in [2.05, 4.69) is 39.3 Å². The van der Waals surface area contributed by atoms with Crippen LogP contribution in [0.15, 0.2) is 54.7 Å². The van der Waals surface area contributed by atoms with Crippen molar-refractivity contribution in [3.8, 4) is 11.5 Å². The Morgan fingerprint density at radius 2 is 1.80 bits per heavy atom. The monoisotopic (exact) mass is 631 g/mol. The molecule has 2 aliphatic rings. The van der Waals surface area contributed by atoms with Crippen molar-refractivity contribution in [1.29, 1.82) is 0 Å². The summed E-state index contributed by atoms with van der Waals surface area (Å²) in [6.07, 6.45) is 5.30. The summed E-state index contributed by atoms with van der Waals surface area (Å²) in [6, 6.07) is 14.0. The lowest BCUT2D eigenvalue weighted by Gasteiger charge is -2.40. The first-order chi connectivity index (χ1) is 22.2. The Balaban J connectivity index is 1.15. The Bertz CT molecular complexity index is 1500. The van der Waals surface area contributed by atoms with Crippen molar-refractivity contribution < 1.29 is 23.5 Å². The van der Waals surface area contributed by atoms with Gasteiger partial charge in [-0.05, 0) is 83.0 Å². The summed E-state index contributed by atoms with van der Waals surface area (Å²) >= 11 is 0. The van der Waals surface area contributed by atoms with E-state index in [-0.39, 0.29) is 29.9 Å². The zero-order chi connectivity index (χ0) is 32.8. The highest BCUT2D eigenvalue weighted by molar-refractivity contribution is 5.96. The summed E-state index contributed by atoms with van der Waals surface area (Å²) in [5.74, 6) is 1.19. The first kappa shape index (κ1) is 33.2. The van der Waals surface area contributed by atoms with Gasteiger partial charge in [-0.2, -0.15) is 0 Å². The number of hydrogen-bond acceptors (Lipinski definition) is 7. The third-order valence-electron chi connectivity index (χ3n) is 9.45. The second-order valence-corrected chi connectivity index (χ2v) is 12.2. The van der Waals surface area contributed by atoms with E-state index in [1.54, 1.807) is 38.4 Å². The molecule has 2 N–H and O–H groups in total. The minimum absolute atomic E-state index is 0.0758. The zero-order valence-corrected chi connectivity index (χ0v) is 27.5. The van der Waals surface area contributed by atoms with Gasteiger partial charge in [-0.25, -0.2) is 9.37 Å². The predicted molar refractivity (Wildman–Crippen MR) is 177 cm³/mol. The number of carbonyl (C=O) groups is 2. The normalized spacial score (nSPS) is 19.5. The molecule has 4 atom stereocenters. The first-order valence-corrected chi connectivity index (χ1v) is 16.4. The molecule has 9 nitrogen and oxygen atoms in total. The maximum absolute atomic E-state index is 15.0. The van der Waals surface area contributed by atoms with Gasteiger partial charge in [0.25, 0.3) is 11.8 Å². The van der Waals surface area contributed by atoms with E-state index in [1.165, 1.54) is 6.07 Å². The minimum Gasteiger partial charge on any atom is -0.496 e. The number of fused-ring (bicyclic) bond motifs is 2. The summed E-state index contributed by atoms with van der Waals surface area (Å²) in [4.78, 5) is 35.4. The van der Waals surface area contributed by atoms with E-state index in [0.29, 0.717) is 34.8 Å². The molecule has 2 bridgehead atoms. The van der Waals surface area contributed by atoms with Crippen LogP contribution in [0.25, 0.3) is 0 Å². The van der Waals surface area contributed by atoms with Crippen LogP contribution in [0.5, 0.6) is 11.5 Å². The van der Waals surface area contributed by atoms with Gasteiger partial charge in [0.05, 0.1) is 18.7 Å². The highest BCUT2D eigenvalue weighted by Crippen LogP contribution is 2.39. The molecule has 2 aromatic carbocycles. The Morgan fingerprint density at radius 1 is 1.07 bits per heavy atom. The summed E-state index contributed by atoms with van der Waals surface area (Å²) in [5, 5.41) is 6.15. The molecule has 2 aliphatic heterocycles. The standard InChI is InChI=1S/C36H46FN5O4/c1-6-41(7-2)17-18-46-29-14-15-31(32(37)21-29)24(4)39-35(43)25-11-16-34(38-22-25)42-27-12-13-28(42)20-26(19-27)40-36(44)30-9-8-10-33(45-5)23(30)3/h8-11,14-16,21-22,24,26-28H,6-7,12-13,17-20H2,1-5H3,(H,39,43)(H,40,44)/t24-,26-,27+,28-/m0/s1. The maximum Gasteiger partial charge on any atom is 0.253 e. The van der Waals surface area contributed by atoms with Gasteiger partial charge < -0.3 is 29.9 Å². The van der Waals surface area contributed by atoms with Gasteiger partial charge >= 0.3 is 0 Å². The number of nitrogens with zero attached hydrogens (tertiary/aromatic N) is 3. The average molecular weight is 632 g/mol. The van der Waals surface area contributed by atoms with Crippen molar-refractivity contribution in [2.45, 2.75) is 77.5 Å². The van der Waals surface area contributed by atoms with E-state index in [1.807, 2.05) is 31.2 Å². The minimum atomic E-state index is -0.539. The molecule has 1 aromatic heterocycles. The predicted octanol–water partition coefficient (Wildman–Crippen LogP) is 5.68. The van der Waals surface area contributed by atoms with E-state index in [0.717, 1.165) is 56.7 Å². The molecule has 10 heteroatoms. The number of carbonyl (C=O) groups excluding carboxylic acids is 2. The van der Waals surface area contributed by atoms with Crippen LogP contribution >= 0.6 is 0 Å². The second kappa shape index (κ2) is 14.9. The number of halogens is 1. The maximum atomic E-state index is 15.0. The fourth-order valence-corrected chi connectivity index (χ4v) is 6.83. The number of aromatic nitrogens is 1. The number of piperidine rings is 1. The number of pyridine rings is 1. The summed E-state index contributed by atoms with van der Waals surface area (Å²) in [5.41, 5.74) is 2.27. The van der Waals surface area contributed by atoms with Crippen molar-refractivity contribution >= 4 is 17.6 Å². The van der Waals surface area contributed by atoms with E-state index in [9.17, 15) is 14.0 Å². The molecule has 0 unspecified atom stereocenters. The van der Waals surface area contributed by atoms with Gasteiger partial charge in [-0.1, -0.05) is 26.0 Å². The first-order valence-electron chi connectivity index (χ1n) is 16.4. The highest BCUT2D eigenvalue weighted by atomic mass is 19.1. The number of likely N-dealkylation sites (N-methyl/N-ethyl adjacent to an activating group) is 1. The number of benzene rings is 2. The number of rotatable bonds is 13. The van der Waals surface area contributed by atoms with Crippen LogP contribution < -0.4 is 25.0 Å². The van der Waals surface area contributed by atoms with Gasteiger partial charge in [0, 0.05) is 53.6 Å². The number of ether oxygens (including phenoxy) is 2. The molecule has 3 heterocycles. The zero-order valence-electron chi connectivity index (χ0n) is 27.5. The third-order valence-corrected chi connectivity index (χ3v) is 9.45. The van der Waals surface area contributed by atoms with Crippen LogP contribution in [0.4, 0.5) is 10.2 Å². The summed E-state index contributed by atoms with van der Waals surface area (Å²) < 4.78 is 26.1. The Labute approximate surface area is 271 Å². The fourth-order valence-electron chi connectivity index (χ4n) is 6.83. The SMILES string of the molecule is CCN(CC)CCOc1ccc([C@H](C)NC(=O)c2ccc(N3[C@@H]4CC[C@H]3C[C@@H](NC(=O)c3cccc(OC)c3C)C4)nc2)c(F)c1. The van der Waals surface area contributed by atoms with E-state index < -0.39 is 11.9 Å². The number of hydrogen-bond donors (Lipinski definition) is 2. The molecule has 2 amide bonds. The van der Waals surface area contributed by atoms with Crippen LogP contribution in [0.1, 0.15) is 84.3 Å². The topological polar surface area (TPSA) is 96.0 Å². The second-order valence-electron chi connectivity index (χ2n) is 12.2. The number of anilines is 1. The molecule has 46 heavy (non-hydrogen) atoms.